The number of hydrogen-bond donors (Lipinski definition) is 2. The summed E-state index contributed by atoms with van der Waals surface area (Å²) in [4.78, 5) is 18.4. The van der Waals surface area contributed by atoms with Crippen molar-refractivity contribution in [3.05, 3.63) is 29.8 Å². The van der Waals surface area contributed by atoms with Crippen LogP contribution in [0.15, 0.2) is 29.3 Å². The highest BCUT2D eigenvalue weighted by molar-refractivity contribution is 5.81. The first-order valence-electron chi connectivity index (χ1n) is 10.4. The standard InChI is InChI=1S/C22H36N4O2/c1-16(2)15-28-20-8-6-18(7-9-20)10-12-24-22(23-5)25-19-11-13-26(14-19)21(27)17(3)4/h6-9,16-17,19H,10-15H2,1-5H3,(H2,23,24,25). The zero-order valence-electron chi connectivity index (χ0n) is 18.0. The quantitative estimate of drug-likeness (QED) is 0.531. The molecule has 1 fully saturated rings. The van der Waals surface area contributed by atoms with E-state index in [2.05, 4.69) is 41.6 Å². The fraction of sp³-hybridized carbons (Fsp3) is 0.636. The van der Waals surface area contributed by atoms with Gasteiger partial charge in [-0.1, -0.05) is 39.8 Å². The molecule has 1 amide bonds. The monoisotopic (exact) mass is 388 g/mol. The van der Waals surface area contributed by atoms with Gasteiger partial charge in [-0.15, -0.1) is 0 Å². The Morgan fingerprint density at radius 1 is 1.25 bits per heavy atom. The van der Waals surface area contributed by atoms with E-state index in [9.17, 15) is 4.79 Å². The predicted octanol–water partition coefficient (Wildman–Crippen LogP) is 2.69. The summed E-state index contributed by atoms with van der Waals surface area (Å²) in [7, 11) is 1.78. The number of carbonyl (C=O) groups excluding carboxylic acids is 1. The maximum atomic E-state index is 12.1. The molecule has 0 radical (unpaired) electrons. The number of nitrogens with zero attached hydrogens (tertiary/aromatic N) is 2. The van der Waals surface area contributed by atoms with Crippen LogP contribution in [-0.2, 0) is 11.2 Å². The molecule has 0 aliphatic carbocycles. The van der Waals surface area contributed by atoms with E-state index < -0.39 is 0 Å². The van der Waals surface area contributed by atoms with Crippen molar-refractivity contribution < 1.29 is 9.53 Å². The number of benzene rings is 1. The van der Waals surface area contributed by atoms with Gasteiger partial charge in [0, 0.05) is 38.6 Å². The molecule has 1 saturated heterocycles. The number of nitrogens with one attached hydrogen (secondary N) is 2. The molecule has 0 bridgehead atoms. The number of aliphatic imine (C=N–C) groups is 1. The van der Waals surface area contributed by atoms with E-state index in [4.69, 9.17) is 4.74 Å². The Morgan fingerprint density at radius 3 is 2.57 bits per heavy atom. The van der Waals surface area contributed by atoms with Crippen LogP contribution in [0.25, 0.3) is 0 Å². The number of hydrogen-bond acceptors (Lipinski definition) is 3. The van der Waals surface area contributed by atoms with E-state index in [1.165, 1.54) is 5.56 Å². The number of ether oxygens (including phenoxy) is 1. The lowest BCUT2D eigenvalue weighted by atomic mass is 10.1. The summed E-state index contributed by atoms with van der Waals surface area (Å²) in [6.45, 7) is 11.3. The molecule has 1 aliphatic rings. The van der Waals surface area contributed by atoms with E-state index >= 15 is 0 Å². The van der Waals surface area contributed by atoms with Crippen molar-refractivity contribution in [1.29, 1.82) is 0 Å². The summed E-state index contributed by atoms with van der Waals surface area (Å²) in [5, 5.41) is 6.81. The summed E-state index contributed by atoms with van der Waals surface area (Å²) >= 11 is 0. The van der Waals surface area contributed by atoms with Crippen LogP contribution >= 0.6 is 0 Å². The van der Waals surface area contributed by atoms with Crippen LogP contribution in [-0.4, -0.2) is 56.1 Å². The van der Waals surface area contributed by atoms with Crippen molar-refractivity contribution >= 4 is 11.9 Å². The van der Waals surface area contributed by atoms with Crippen molar-refractivity contribution in [3.63, 3.8) is 0 Å². The smallest absolute Gasteiger partial charge is 0.225 e. The molecule has 156 valence electrons. The van der Waals surface area contributed by atoms with Gasteiger partial charge < -0.3 is 20.3 Å². The van der Waals surface area contributed by atoms with Crippen LogP contribution in [0.5, 0.6) is 5.75 Å². The lowest BCUT2D eigenvalue weighted by molar-refractivity contribution is -0.133. The second kappa shape index (κ2) is 10.9. The first kappa shape index (κ1) is 22.1. The Bertz CT molecular complexity index is 640. The Kier molecular flexibility index (Phi) is 8.61. The highest BCUT2D eigenvalue weighted by Gasteiger charge is 2.27. The van der Waals surface area contributed by atoms with Gasteiger partial charge in [0.1, 0.15) is 5.75 Å². The average Bonchev–Trinajstić information content (AvgIpc) is 3.14. The van der Waals surface area contributed by atoms with Crippen molar-refractivity contribution in [3.8, 4) is 5.75 Å². The summed E-state index contributed by atoms with van der Waals surface area (Å²) in [5.74, 6) is 2.52. The van der Waals surface area contributed by atoms with Gasteiger partial charge in [0.15, 0.2) is 5.96 Å². The summed E-state index contributed by atoms with van der Waals surface area (Å²) in [6.07, 6.45) is 1.87. The summed E-state index contributed by atoms with van der Waals surface area (Å²) in [6, 6.07) is 8.54. The zero-order valence-corrected chi connectivity index (χ0v) is 18.0. The van der Waals surface area contributed by atoms with Gasteiger partial charge in [0.25, 0.3) is 0 Å². The Labute approximate surface area is 169 Å². The van der Waals surface area contributed by atoms with Crippen LogP contribution in [0.4, 0.5) is 0 Å². The molecule has 1 heterocycles. The third kappa shape index (κ3) is 7.06. The van der Waals surface area contributed by atoms with Gasteiger partial charge in [-0.05, 0) is 36.5 Å². The van der Waals surface area contributed by atoms with Crippen molar-refractivity contribution in [1.82, 2.24) is 15.5 Å². The van der Waals surface area contributed by atoms with Crippen molar-refractivity contribution in [2.45, 2.75) is 46.6 Å². The normalized spacial score (nSPS) is 17.3. The molecule has 2 N–H and O–H groups in total. The molecule has 2 rings (SSSR count). The number of rotatable bonds is 8. The fourth-order valence-electron chi connectivity index (χ4n) is 3.17. The van der Waals surface area contributed by atoms with Gasteiger partial charge in [0.2, 0.25) is 5.91 Å². The van der Waals surface area contributed by atoms with Crippen molar-refractivity contribution in [2.24, 2.45) is 16.8 Å². The third-order valence-corrected chi connectivity index (χ3v) is 4.77. The summed E-state index contributed by atoms with van der Waals surface area (Å²) < 4.78 is 5.72. The van der Waals surface area contributed by atoms with Crippen LogP contribution in [0.1, 0.15) is 39.7 Å². The Morgan fingerprint density at radius 2 is 1.96 bits per heavy atom. The van der Waals surface area contributed by atoms with Crippen LogP contribution in [0, 0.1) is 11.8 Å². The molecular formula is C22H36N4O2. The largest absolute Gasteiger partial charge is 0.493 e. The number of likely N-dealkylation sites (tertiary alicyclic amines) is 1. The minimum absolute atomic E-state index is 0.0540. The molecule has 1 unspecified atom stereocenters. The Hall–Kier alpha value is -2.24. The predicted molar refractivity (Wildman–Crippen MR) is 115 cm³/mol. The molecule has 1 atom stereocenters. The highest BCUT2D eigenvalue weighted by Crippen LogP contribution is 2.14. The topological polar surface area (TPSA) is 66.0 Å². The van der Waals surface area contributed by atoms with E-state index in [1.807, 2.05) is 30.9 Å². The van der Waals surface area contributed by atoms with Crippen LogP contribution < -0.4 is 15.4 Å². The second-order valence-corrected chi connectivity index (χ2v) is 8.17. The van der Waals surface area contributed by atoms with E-state index in [1.54, 1.807) is 7.05 Å². The van der Waals surface area contributed by atoms with Gasteiger partial charge in [0.05, 0.1) is 6.61 Å². The highest BCUT2D eigenvalue weighted by atomic mass is 16.5. The third-order valence-electron chi connectivity index (χ3n) is 4.77. The minimum Gasteiger partial charge on any atom is -0.493 e. The molecule has 28 heavy (non-hydrogen) atoms. The van der Waals surface area contributed by atoms with Gasteiger partial charge in [-0.2, -0.15) is 0 Å². The van der Waals surface area contributed by atoms with Crippen LogP contribution in [0.3, 0.4) is 0 Å². The average molecular weight is 389 g/mol. The van der Waals surface area contributed by atoms with E-state index in [0.717, 1.165) is 50.8 Å². The molecule has 0 saturated carbocycles. The number of guanidine groups is 1. The maximum Gasteiger partial charge on any atom is 0.225 e. The number of carbonyl (C=O) groups is 1. The summed E-state index contributed by atoms with van der Waals surface area (Å²) in [5.41, 5.74) is 1.26. The molecule has 6 heteroatoms. The fourth-order valence-corrected chi connectivity index (χ4v) is 3.17. The van der Waals surface area contributed by atoms with Gasteiger partial charge >= 0.3 is 0 Å². The SMILES string of the molecule is CN=C(NCCc1ccc(OCC(C)C)cc1)NC1CCN(C(=O)C(C)C)C1. The molecule has 0 spiro atoms. The lowest BCUT2D eigenvalue weighted by Crippen LogP contribution is -2.45. The van der Waals surface area contributed by atoms with Gasteiger partial charge in [-0.25, -0.2) is 0 Å². The minimum atomic E-state index is 0.0540. The molecule has 1 aromatic carbocycles. The molecule has 1 aliphatic heterocycles. The lowest BCUT2D eigenvalue weighted by Gasteiger charge is -2.20. The molecule has 1 aromatic rings. The van der Waals surface area contributed by atoms with Crippen molar-refractivity contribution in [2.75, 3.05) is 33.3 Å². The first-order valence-corrected chi connectivity index (χ1v) is 10.4. The van der Waals surface area contributed by atoms with E-state index in [0.29, 0.717) is 5.92 Å². The Balaban J connectivity index is 1.72. The number of amides is 1. The zero-order chi connectivity index (χ0) is 20.5. The van der Waals surface area contributed by atoms with E-state index in [-0.39, 0.29) is 17.9 Å². The van der Waals surface area contributed by atoms with Crippen LogP contribution in [0.2, 0.25) is 0 Å². The van der Waals surface area contributed by atoms with Gasteiger partial charge in [-0.3, -0.25) is 9.79 Å². The first-order chi connectivity index (χ1) is 13.4. The molecular weight excluding hydrogens is 352 g/mol. The molecule has 0 aromatic heterocycles. The maximum absolute atomic E-state index is 12.1. The second-order valence-electron chi connectivity index (χ2n) is 8.17. The molecule has 6 nitrogen and oxygen atoms in total.